The second-order valence-corrected chi connectivity index (χ2v) is 5.96. The monoisotopic (exact) mass is 290 g/mol. The lowest BCUT2D eigenvalue weighted by molar-refractivity contribution is 0.282. The minimum Gasteiger partial charge on any atom is -0.399 e. The van der Waals surface area contributed by atoms with Crippen molar-refractivity contribution in [2.45, 2.75) is 30.6 Å². The number of aliphatic hydroxyl groups excluding tert-OH is 1. The summed E-state index contributed by atoms with van der Waals surface area (Å²) in [5.74, 6) is -0.818. The quantitative estimate of drug-likeness (QED) is 0.496. The van der Waals surface area contributed by atoms with E-state index in [0.29, 0.717) is 12.8 Å². The molecule has 0 aliphatic carbocycles. The molecule has 5 nitrogen and oxygen atoms in total. The molecule has 0 bridgehead atoms. The SMILES string of the molecule is Nc1ccc(F)c(S(=O)(=O)NCCCCCCO)c1. The summed E-state index contributed by atoms with van der Waals surface area (Å²) in [4.78, 5) is -0.428. The molecule has 0 radical (unpaired) electrons. The molecule has 0 heterocycles. The standard InChI is InChI=1S/C12H19FN2O3S/c13-11-6-5-10(14)9-12(11)19(17,18)15-7-3-1-2-4-8-16/h5-6,9,15-16H,1-4,7-8,14H2. The molecule has 108 valence electrons. The second kappa shape index (κ2) is 7.42. The van der Waals surface area contributed by atoms with Crippen LogP contribution in [0.15, 0.2) is 23.1 Å². The Hall–Kier alpha value is -1.18. The number of hydrogen-bond acceptors (Lipinski definition) is 4. The van der Waals surface area contributed by atoms with E-state index in [1.54, 1.807) is 0 Å². The van der Waals surface area contributed by atoms with Crippen molar-refractivity contribution < 1.29 is 17.9 Å². The summed E-state index contributed by atoms with van der Waals surface area (Å²) in [5.41, 5.74) is 5.65. The number of halogens is 1. The zero-order valence-electron chi connectivity index (χ0n) is 10.6. The number of aliphatic hydroxyl groups is 1. The summed E-state index contributed by atoms with van der Waals surface area (Å²) in [6, 6.07) is 3.44. The molecular formula is C12H19FN2O3S. The van der Waals surface area contributed by atoms with Crippen LogP contribution in [0.2, 0.25) is 0 Å². The number of anilines is 1. The minimum atomic E-state index is -3.86. The maximum absolute atomic E-state index is 13.4. The first kappa shape index (κ1) is 15.9. The molecule has 0 unspecified atom stereocenters. The van der Waals surface area contributed by atoms with Crippen molar-refractivity contribution in [3.63, 3.8) is 0 Å². The third kappa shape index (κ3) is 5.14. The van der Waals surface area contributed by atoms with Crippen LogP contribution in [-0.4, -0.2) is 26.7 Å². The summed E-state index contributed by atoms with van der Waals surface area (Å²) in [6.07, 6.45) is 2.99. The van der Waals surface area contributed by atoms with Crippen LogP contribution in [-0.2, 0) is 10.0 Å². The summed E-state index contributed by atoms with van der Waals surface area (Å²) >= 11 is 0. The van der Waals surface area contributed by atoms with Crippen molar-refractivity contribution in [2.75, 3.05) is 18.9 Å². The van der Waals surface area contributed by atoms with Crippen molar-refractivity contribution in [1.29, 1.82) is 0 Å². The van der Waals surface area contributed by atoms with Crippen molar-refractivity contribution in [1.82, 2.24) is 4.72 Å². The van der Waals surface area contributed by atoms with E-state index in [1.165, 1.54) is 6.07 Å². The molecule has 0 saturated heterocycles. The average Bonchev–Trinajstić information content (AvgIpc) is 2.36. The number of nitrogens with two attached hydrogens (primary N) is 1. The third-order valence-electron chi connectivity index (χ3n) is 2.62. The molecule has 1 rings (SSSR count). The van der Waals surface area contributed by atoms with Crippen molar-refractivity contribution in [3.05, 3.63) is 24.0 Å². The van der Waals surface area contributed by atoms with Gasteiger partial charge in [-0.2, -0.15) is 0 Å². The van der Waals surface area contributed by atoms with E-state index in [1.807, 2.05) is 0 Å². The molecule has 0 atom stereocenters. The fourth-order valence-corrected chi connectivity index (χ4v) is 2.79. The fraction of sp³-hybridized carbons (Fsp3) is 0.500. The van der Waals surface area contributed by atoms with E-state index < -0.39 is 20.7 Å². The van der Waals surface area contributed by atoms with Crippen LogP contribution < -0.4 is 10.5 Å². The van der Waals surface area contributed by atoms with Gasteiger partial charge in [0.2, 0.25) is 10.0 Å². The number of rotatable bonds is 8. The van der Waals surface area contributed by atoms with Gasteiger partial charge in [0.15, 0.2) is 0 Å². The van der Waals surface area contributed by atoms with E-state index >= 15 is 0 Å². The Morgan fingerprint density at radius 3 is 2.58 bits per heavy atom. The van der Waals surface area contributed by atoms with Gasteiger partial charge in [0.05, 0.1) is 0 Å². The molecule has 0 fully saturated rings. The zero-order valence-corrected chi connectivity index (χ0v) is 11.4. The lowest BCUT2D eigenvalue weighted by Gasteiger charge is -2.08. The Kier molecular flexibility index (Phi) is 6.20. The first-order valence-corrected chi connectivity index (χ1v) is 7.61. The molecule has 0 aliphatic heterocycles. The van der Waals surface area contributed by atoms with Gasteiger partial charge in [0.1, 0.15) is 10.7 Å². The lowest BCUT2D eigenvalue weighted by Crippen LogP contribution is -2.25. The zero-order chi connectivity index (χ0) is 14.3. The summed E-state index contributed by atoms with van der Waals surface area (Å²) in [7, 11) is -3.86. The smallest absolute Gasteiger partial charge is 0.243 e. The fourth-order valence-electron chi connectivity index (χ4n) is 1.60. The molecular weight excluding hydrogens is 271 g/mol. The lowest BCUT2D eigenvalue weighted by atomic mass is 10.2. The molecule has 7 heteroatoms. The van der Waals surface area contributed by atoms with Gasteiger partial charge in [-0.1, -0.05) is 12.8 Å². The predicted molar refractivity (Wildman–Crippen MR) is 71.6 cm³/mol. The van der Waals surface area contributed by atoms with Crippen LogP contribution in [0.4, 0.5) is 10.1 Å². The average molecular weight is 290 g/mol. The summed E-state index contributed by atoms with van der Waals surface area (Å²) in [6.45, 7) is 0.377. The van der Waals surface area contributed by atoms with Crippen LogP contribution in [0.25, 0.3) is 0 Å². The molecule has 0 aromatic heterocycles. The van der Waals surface area contributed by atoms with Crippen molar-refractivity contribution in [3.8, 4) is 0 Å². The van der Waals surface area contributed by atoms with Gasteiger partial charge in [-0.15, -0.1) is 0 Å². The van der Waals surface area contributed by atoms with E-state index in [4.69, 9.17) is 10.8 Å². The molecule has 0 aliphatic rings. The van der Waals surface area contributed by atoms with Gasteiger partial charge in [-0.05, 0) is 31.0 Å². The summed E-state index contributed by atoms with van der Waals surface area (Å²) in [5, 5.41) is 8.59. The number of sulfonamides is 1. The molecule has 0 saturated carbocycles. The van der Waals surface area contributed by atoms with E-state index in [9.17, 15) is 12.8 Å². The maximum Gasteiger partial charge on any atom is 0.243 e. The van der Waals surface area contributed by atoms with E-state index in [-0.39, 0.29) is 18.8 Å². The number of hydrogen-bond donors (Lipinski definition) is 3. The Bertz CT molecular complexity index is 506. The molecule has 19 heavy (non-hydrogen) atoms. The molecule has 4 N–H and O–H groups in total. The molecule has 0 amide bonds. The van der Waals surface area contributed by atoms with Gasteiger partial charge >= 0.3 is 0 Å². The van der Waals surface area contributed by atoms with Gasteiger partial charge in [0, 0.05) is 18.8 Å². The number of nitrogens with one attached hydrogen (secondary N) is 1. The van der Waals surface area contributed by atoms with Crippen LogP contribution in [0.3, 0.4) is 0 Å². The van der Waals surface area contributed by atoms with Crippen molar-refractivity contribution in [2.24, 2.45) is 0 Å². The first-order valence-electron chi connectivity index (χ1n) is 6.13. The van der Waals surface area contributed by atoms with Crippen LogP contribution in [0, 0.1) is 5.82 Å². The van der Waals surface area contributed by atoms with Gasteiger partial charge in [0.25, 0.3) is 0 Å². The highest BCUT2D eigenvalue weighted by Gasteiger charge is 2.18. The summed E-state index contributed by atoms with van der Waals surface area (Å²) < 4.78 is 39.5. The predicted octanol–water partition coefficient (Wildman–Crippen LogP) is 1.24. The third-order valence-corrected chi connectivity index (χ3v) is 4.10. The largest absolute Gasteiger partial charge is 0.399 e. The highest BCUT2D eigenvalue weighted by Crippen LogP contribution is 2.17. The minimum absolute atomic E-state index is 0.139. The van der Waals surface area contributed by atoms with E-state index in [0.717, 1.165) is 25.0 Å². The van der Waals surface area contributed by atoms with Crippen LogP contribution >= 0.6 is 0 Å². The number of benzene rings is 1. The van der Waals surface area contributed by atoms with Crippen molar-refractivity contribution >= 4 is 15.7 Å². The van der Waals surface area contributed by atoms with Gasteiger partial charge in [-0.25, -0.2) is 17.5 Å². The Morgan fingerprint density at radius 2 is 1.89 bits per heavy atom. The molecule has 1 aromatic carbocycles. The Balaban J connectivity index is 2.54. The van der Waals surface area contributed by atoms with Crippen LogP contribution in [0.5, 0.6) is 0 Å². The van der Waals surface area contributed by atoms with Gasteiger partial charge in [-0.3, -0.25) is 0 Å². The normalized spacial score (nSPS) is 11.7. The highest BCUT2D eigenvalue weighted by atomic mass is 32.2. The number of nitrogen functional groups attached to an aromatic ring is 1. The first-order chi connectivity index (χ1) is 8.97. The highest BCUT2D eigenvalue weighted by molar-refractivity contribution is 7.89. The van der Waals surface area contributed by atoms with Gasteiger partial charge < -0.3 is 10.8 Å². The van der Waals surface area contributed by atoms with Crippen LogP contribution in [0.1, 0.15) is 25.7 Å². The number of unbranched alkanes of at least 4 members (excludes halogenated alkanes) is 3. The molecule has 0 spiro atoms. The Morgan fingerprint density at radius 1 is 1.21 bits per heavy atom. The topological polar surface area (TPSA) is 92.4 Å². The van der Waals surface area contributed by atoms with E-state index in [2.05, 4.69) is 4.72 Å². The maximum atomic E-state index is 13.4. The molecule has 1 aromatic rings. The second-order valence-electron chi connectivity index (χ2n) is 4.23. The Labute approximate surface area is 112 Å².